The molecule has 0 saturated heterocycles. The number of nitrogens with zero attached hydrogens (tertiary/aromatic N) is 1. The molecule has 0 spiro atoms. The number of carbonyl (C=O) groups excluding carboxylic acids is 1. The minimum atomic E-state index is -4.51. The Bertz CT molecular complexity index is 598. The SMILES string of the molecule is O=C(Nc1ccc(C(F)(F)F)nc1)OCc1ccccc1. The molecule has 110 valence electrons. The summed E-state index contributed by atoms with van der Waals surface area (Å²) in [6.07, 6.45) is -4.35. The molecule has 1 amide bonds. The molecular weight excluding hydrogens is 285 g/mol. The fourth-order valence-electron chi connectivity index (χ4n) is 1.51. The number of alkyl halides is 3. The number of carbonyl (C=O) groups is 1. The highest BCUT2D eigenvalue weighted by molar-refractivity contribution is 5.84. The third-order valence-electron chi connectivity index (χ3n) is 2.51. The van der Waals surface area contributed by atoms with Gasteiger partial charge in [-0.15, -0.1) is 0 Å². The maximum atomic E-state index is 12.3. The first kappa shape index (κ1) is 14.8. The van der Waals surface area contributed by atoms with Gasteiger partial charge in [-0.3, -0.25) is 5.32 Å². The fraction of sp³-hybridized carbons (Fsp3) is 0.143. The zero-order valence-electron chi connectivity index (χ0n) is 10.7. The maximum Gasteiger partial charge on any atom is 0.433 e. The summed E-state index contributed by atoms with van der Waals surface area (Å²) in [5.41, 5.74) is -0.0926. The molecule has 1 heterocycles. The van der Waals surface area contributed by atoms with Gasteiger partial charge < -0.3 is 4.74 Å². The van der Waals surface area contributed by atoms with Crippen molar-refractivity contribution in [2.24, 2.45) is 0 Å². The smallest absolute Gasteiger partial charge is 0.433 e. The van der Waals surface area contributed by atoms with Gasteiger partial charge in [0.2, 0.25) is 0 Å². The summed E-state index contributed by atoms with van der Waals surface area (Å²) in [6.45, 7) is 0.0702. The van der Waals surface area contributed by atoms with Crippen LogP contribution in [-0.2, 0) is 17.5 Å². The predicted octanol–water partition coefficient (Wildman–Crippen LogP) is 3.85. The van der Waals surface area contributed by atoms with E-state index in [9.17, 15) is 18.0 Å². The number of hydrogen-bond donors (Lipinski definition) is 1. The Kier molecular flexibility index (Phi) is 4.42. The molecule has 0 radical (unpaired) electrons. The minimum absolute atomic E-state index is 0.0702. The van der Waals surface area contributed by atoms with Crippen LogP contribution in [0.5, 0.6) is 0 Å². The molecule has 0 saturated carbocycles. The molecule has 0 fully saturated rings. The Hall–Kier alpha value is -2.57. The molecule has 1 N–H and O–H groups in total. The lowest BCUT2D eigenvalue weighted by Crippen LogP contribution is -2.14. The monoisotopic (exact) mass is 296 g/mol. The molecule has 0 aliphatic heterocycles. The van der Waals surface area contributed by atoms with Crippen LogP contribution in [0.1, 0.15) is 11.3 Å². The van der Waals surface area contributed by atoms with Crippen molar-refractivity contribution in [1.82, 2.24) is 4.98 Å². The molecule has 0 bridgehead atoms. The van der Waals surface area contributed by atoms with Crippen molar-refractivity contribution in [2.45, 2.75) is 12.8 Å². The van der Waals surface area contributed by atoms with Crippen molar-refractivity contribution in [3.8, 4) is 0 Å². The van der Waals surface area contributed by atoms with Gasteiger partial charge in [0.05, 0.1) is 11.9 Å². The second-order valence-corrected chi connectivity index (χ2v) is 4.12. The molecule has 7 heteroatoms. The Balaban J connectivity index is 1.88. The van der Waals surface area contributed by atoms with Crippen molar-refractivity contribution in [1.29, 1.82) is 0 Å². The van der Waals surface area contributed by atoms with E-state index in [-0.39, 0.29) is 12.3 Å². The van der Waals surface area contributed by atoms with Crippen LogP contribution in [0.2, 0.25) is 0 Å². The Morgan fingerprint density at radius 3 is 2.43 bits per heavy atom. The average Bonchev–Trinajstić information content (AvgIpc) is 2.46. The van der Waals surface area contributed by atoms with Gasteiger partial charge in [-0.2, -0.15) is 13.2 Å². The lowest BCUT2D eigenvalue weighted by molar-refractivity contribution is -0.141. The predicted molar refractivity (Wildman–Crippen MR) is 69.5 cm³/mol. The van der Waals surface area contributed by atoms with E-state index in [0.717, 1.165) is 23.9 Å². The van der Waals surface area contributed by atoms with Gasteiger partial charge in [0.15, 0.2) is 0 Å². The molecule has 21 heavy (non-hydrogen) atoms. The van der Waals surface area contributed by atoms with Crippen LogP contribution in [-0.4, -0.2) is 11.1 Å². The molecular formula is C14H11F3N2O2. The van der Waals surface area contributed by atoms with E-state index in [1.165, 1.54) is 0 Å². The molecule has 2 aromatic rings. The summed E-state index contributed by atoms with van der Waals surface area (Å²) >= 11 is 0. The van der Waals surface area contributed by atoms with Crippen molar-refractivity contribution >= 4 is 11.8 Å². The second-order valence-electron chi connectivity index (χ2n) is 4.12. The number of halogens is 3. The van der Waals surface area contributed by atoms with Crippen LogP contribution in [0.4, 0.5) is 23.7 Å². The topological polar surface area (TPSA) is 51.2 Å². The third-order valence-corrected chi connectivity index (χ3v) is 2.51. The normalized spacial score (nSPS) is 11.0. The van der Waals surface area contributed by atoms with Crippen LogP contribution in [0.25, 0.3) is 0 Å². The van der Waals surface area contributed by atoms with Crippen LogP contribution in [0, 0.1) is 0 Å². The lowest BCUT2D eigenvalue weighted by Gasteiger charge is -2.08. The van der Waals surface area contributed by atoms with Gasteiger partial charge in [-0.1, -0.05) is 30.3 Å². The number of hydrogen-bond acceptors (Lipinski definition) is 3. The van der Waals surface area contributed by atoms with E-state index in [4.69, 9.17) is 4.74 Å². The number of anilines is 1. The van der Waals surface area contributed by atoms with E-state index in [1.54, 1.807) is 24.3 Å². The number of aromatic nitrogens is 1. The lowest BCUT2D eigenvalue weighted by atomic mass is 10.2. The Morgan fingerprint density at radius 1 is 1.14 bits per heavy atom. The number of rotatable bonds is 3. The van der Waals surface area contributed by atoms with Crippen molar-refractivity contribution in [3.63, 3.8) is 0 Å². The largest absolute Gasteiger partial charge is 0.444 e. The molecule has 1 aromatic carbocycles. The summed E-state index contributed by atoms with van der Waals surface area (Å²) in [5.74, 6) is 0. The first-order valence-corrected chi connectivity index (χ1v) is 5.96. The van der Waals surface area contributed by atoms with Gasteiger partial charge >= 0.3 is 12.3 Å². The van der Waals surface area contributed by atoms with Crippen molar-refractivity contribution in [2.75, 3.05) is 5.32 Å². The highest BCUT2D eigenvalue weighted by Crippen LogP contribution is 2.27. The molecule has 0 aliphatic rings. The van der Waals surface area contributed by atoms with Crippen LogP contribution < -0.4 is 5.32 Å². The number of ether oxygens (including phenoxy) is 1. The molecule has 0 atom stereocenters. The average molecular weight is 296 g/mol. The van der Waals surface area contributed by atoms with Crippen LogP contribution in [0.3, 0.4) is 0 Å². The summed E-state index contributed by atoms with van der Waals surface area (Å²) in [4.78, 5) is 14.7. The molecule has 0 unspecified atom stereocenters. The van der Waals surface area contributed by atoms with E-state index in [0.29, 0.717) is 0 Å². The van der Waals surface area contributed by atoms with Crippen LogP contribution >= 0.6 is 0 Å². The number of pyridine rings is 1. The van der Waals surface area contributed by atoms with Gasteiger partial charge in [0, 0.05) is 0 Å². The van der Waals surface area contributed by atoms with Crippen LogP contribution in [0.15, 0.2) is 48.7 Å². The van der Waals surface area contributed by atoms with Gasteiger partial charge in [-0.05, 0) is 17.7 Å². The van der Waals surface area contributed by atoms with E-state index in [1.807, 2.05) is 6.07 Å². The van der Waals surface area contributed by atoms with Crippen molar-refractivity contribution in [3.05, 3.63) is 59.9 Å². The molecule has 4 nitrogen and oxygen atoms in total. The quantitative estimate of drug-likeness (QED) is 0.936. The number of benzene rings is 1. The maximum absolute atomic E-state index is 12.3. The minimum Gasteiger partial charge on any atom is -0.444 e. The van der Waals surface area contributed by atoms with Gasteiger partial charge in [0.25, 0.3) is 0 Å². The Morgan fingerprint density at radius 2 is 1.86 bits per heavy atom. The Labute approximate surface area is 118 Å². The molecule has 2 rings (SSSR count). The van der Waals surface area contributed by atoms with E-state index >= 15 is 0 Å². The first-order valence-electron chi connectivity index (χ1n) is 5.96. The highest BCUT2D eigenvalue weighted by Gasteiger charge is 2.32. The first-order chi connectivity index (χ1) is 9.95. The van der Waals surface area contributed by atoms with Gasteiger partial charge in [-0.25, -0.2) is 9.78 Å². The second kappa shape index (κ2) is 6.25. The van der Waals surface area contributed by atoms with E-state index in [2.05, 4.69) is 10.3 Å². The third kappa shape index (κ3) is 4.48. The van der Waals surface area contributed by atoms with E-state index < -0.39 is 18.0 Å². The summed E-state index contributed by atoms with van der Waals surface area (Å²) < 4.78 is 41.9. The standard InChI is InChI=1S/C14H11F3N2O2/c15-14(16,17)12-7-6-11(8-18-12)19-13(20)21-9-10-4-2-1-3-5-10/h1-8H,9H2,(H,19,20). The highest BCUT2D eigenvalue weighted by atomic mass is 19.4. The summed E-state index contributed by atoms with van der Waals surface area (Å²) in [7, 11) is 0. The summed E-state index contributed by atoms with van der Waals surface area (Å²) in [6, 6.07) is 10.9. The zero-order valence-corrected chi connectivity index (χ0v) is 10.7. The number of amides is 1. The fourth-order valence-corrected chi connectivity index (χ4v) is 1.51. The zero-order chi connectivity index (χ0) is 15.3. The summed E-state index contributed by atoms with van der Waals surface area (Å²) in [5, 5.41) is 2.30. The van der Waals surface area contributed by atoms with Gasteiger partial charge in [0.1, 0.15) is 12.3 Å². The van der Waals surface area contributed by atoms with Crippen molar-refractivity contribution < 1.29 is 22.7 Å². The molecule has 0 aliphatic carbocycles. The number of nitrogens with one attached hydrogen (secondary N) is 1. The molecule has 1 aromatic heterocycles.